The van der Waals surface area contributed by atoms with Crippen molar-refractivity contribution in [3.8, 4) is 17.1 Å². The first-order valence-electron chi connectivity index (χ1n) is 9.34. The monoisotopic (exact) mass is 378 g/mol. The van der Waals surface area contributed by atoms with Crippen LogP contribution in [0.2, 0.25) is 0 Å². The van der Waals surface area contributed by atoms with E-state index in [0.29, 0.717) is 24.0 Å². The fourth-order valence-electron chi connectivity index (χ4n) is 3.08. The van der Waals surface area contributed by atoms with Crippen molar-refractivity contribution in [1.29, 1.82) is 0 Å². The van der Waals surface area contributed by atoms with Crippen molar-refractivity contribution in [3.05, 3.63) is 60.0 Å². The van der Waals surface area contributed by atoms with Gasteiger partial charge in [0.1, 0.15) is 5.75 Å². The summed E-state index contributed by atoms with van der Waals surface area (Å²) >= 11 is 0. The van der Waals surface area contributed by atoms with Crippen LogP contribution in [0, 0.1) is 0 Å². The molecule has 144 valence electrons. The lowest BCUT2D eigenvalue weighted by atomic mass is 9.85. The predicted molar refractivity (Wildman–Crippen MR) is 105 cm³/mol. The molecule has 0 atom stereocenters. The molecule has 3 aromatic rings. The maximum absolute atomic E-state index is 12.2. The molecule has 7 heteroatoms. The fraction of sp³-hybridized carbons (Fsp3) is 0.286. The molecule has 0 aliphatic heterocycles. The van der Waals surface area contributed by atoms with Crippen LogP contribution in [0.15, 0.2) is 53.1 Å². The molecule has 28 heavy (non-hydrogen) atoms. The van der Waals surface area contributed by atoms with Crippen LogP contribution < -0.4 is 15.4 Å². The Morgan fingerprint density at radius 1 is 1.18 bits per heavy atom. The van der Waals surface area contributed by atoms with E-state index in [1.54, 1.807) is 7.11 Å². The molecule has 2 N–H and O–H groups in total. The highest BCUT2D eigenvalue weighted by molar-refractivity contribution is 5.89. The van der Waals surface area contributed by atoms with Crippen molar-refractivity contribution < 1.29 is 14.1 Å². The van der Waals surface area contributed by atoms with E-state index in [1.807, 2.05) is 48.5 Å². The largest absolute Gasteiger partial charge is 0.496 e. The van der Waals surface area contributed by atoms with E-state index in [1.165, 1.54) is 6.42 Å². The summed E-state index contributed by atoms with van der Waals surface area (Å²) in [4.78, 5) is 16.6. The van der Waals surface area contributed by atoms with Crippen LogP contribution in [-0.4, -0.2) is 23.3 Å². The number of para-hydroxylation sites is 1. The Balaban J connectivity index is 1.33. The van der Waals surface area contributed by atoms with Gasteiger partial charge in [0.25, 0.3) is 0 Å². The van der Waals surface area contributed by atoms with E-state index >= 15 is 0 Å². The Labute approximate surface area is 163 Å². The minimum atomic E-state index is -0.287. The first-order chi connectivity index (χ1) is 13.7. The topological polar surface area (TPSA) is 89.3 Å². The van der Waals surface area contributed by atoms with E-state index in [4.69, 9.17) is 9.26 Å². The summed E-state index contributed by atoms with van der Waals surface area (Å²) in [7, 11) is 1.61. The number of amides is 2. The van der Waals surface area contributed by atoms with Crippen molar-refractivity contribution in [2.24, 2.45) is 0 Å². The number of nitrogens with zero attached hydrogens (tertiary/aromatic N) is 2. The maximum atomic E-state index is 12.2. The smallest absolute Gasteiger partial charge is 0.319 e. The number of hydrogen-bond donors (Lipinski definition) is 2. The highest BCUT2D eigenvalue weighted by atomic mass is 16.5. The van der Waals surface area contributed by atoms with Crippen molar-refractivity contribution in [2.75, 3.05) is 12.4 Å². The normalized spacial score (nSPS) is 13.6. The number of aromatic nitrogens is 2. The summed E-state index contributed by atoms with van der Waals surface area (Å²) in [5, 5.41) is 9.70. The lowest BCUT2D eigenvalue weighted by molar-refractivity contribution is 0.251. The number of urea groups is 1. The number of carbonyl (C=O) groups is 1. The number of ether oxygens (including phenoxy) is 1. The van der Waals surface area contributed by atoms with Gasteiger partial charge in [0.2, 0.25) is 11.7 Å². The van der Waals surface area contributed by atoms with Crippen molar-refractivity contribution in [1.82, 2.24) is 15.5 Å². The molecule has 1 aromatic heterocycles. The second kappa shape index (κ2) is 8.12. The molecule has 0 unspecified atom stereocenters. The Morgan fingerprint density at radius 3 is 2.68 bits per heavy atom. The van der Waals surface area contributed by atoms with Crippen LogP contribution >= 0.6 is 0 Å². The van der Waals surface area contributed by atoms with Gasteiger partial charge in [0, 0.05) is 29.3 Å². The van der Waals surface area contributed by atoms with E-state index in [2.05, 4.69) is 20.8 Å². The van der Waals surface area contributed by atoms with Crippen LogP contribution in [-0.2, 0) is 6.54 Å². The van der Waals surface area contributed by atoms with Gasteiger partial charge in [0.05, 0.1) is 7.11 Å². The van der Waals surface area contributed by atoms with Gasteiger partial charge in [-0.1, -0.05) is 29.8 Å². The average molecular weight is 378 g/mol. The second-order valence-corrected chi connectivity index (χ2v) is 6.78. The lowest BCUT2D eigenvalue weighted by Gasteiger charge is -2.20. The van der Waals surface area contributed by atoms with Gasteiger partial charge in [-0.2, -0.15) is 4.98 Å². The molecule has 1 aliphatic rings. The van der Waals surface area contributed by atoms with Crippen molar-refractivity contribution in [3.63, 3.8) is 0 Å². The lowest BCUT2D eigenvalue weighted by Crippen LogP contribution is -2.28. The molecule has 1 saturated carbocycles. The molecule has 0 spiro atoms. The summed E-state index contributed by atoms with van der Waals surface area (Å²) in [6.45, 7) is 0.376. The predicted octanol–water partition coefficient (Wildman–Crippen LogP) is 4.33. The molecular formula is C21H22N4O3. The molecule has 1 heterocycles. The first-order valence-corrected chi connectivity index (χ1v) is 9.34. The molecule has 2 aromatic carbocycles. The zero-order chi connectivity index (χ0) is 19.3. The summed E-state index contributed by atoms with van der Waals surface area (Å²) < 4.78 is 10.6. The highest BCUT2D eigenvalue weighted by Gasteiger charge is 2.25. The van der Waals surface area contributed by atoms with Gasteiger partial charge >= 0.3 is 6.03 Å². The number of benzene rings is 2. The van der Waals surface area contributed by atoms with E-state index in [9.17, 15) is 4.79 Å². The quantitative estimate of drug-likeness (QED) is 0.666. The van der Waals surface area contributed by atoms with E-state index in [0.717, 1.165) is 35.6 Å². The maximum Gasteiger partial charge on any atom is 0.319 e. The van der Waals surface area contributed by atoms with Crippen molar-refractivity contribution in [2.45, 2.75) is 31.7 Å². The van der Waals surface area contributed by atoms with Gasteiger partial charge < -0.3 is 19.9 Å². The van der Waals surface area contributed by atoms with E-state index in [-0.39, 0.29) is 6.03 Å². The Morgan fingerprint density at radius 2 is 1.96 bits per heavy atom. The van der Waals surface area contributed by atoms with Crippen LogP contribution in [0.1, 0.15) is 36.6 Å². The molecular weight excluding hydrogens is 356 g/mol. The van der Waals surface area contributed by atoms with Crippen LogP contribution in [0.25, 0.3) is 11.4 Å². The zero-order valence-corrected chi connectivity index (χ0v) is 15.6. The van der Waals surface area contributed by atoms with Gasteiger partial charge in [0.15, 0.2) is 0 Å². The number of rotatable bonds is 6. The second-order valence-electron chi connectivity index (χ2n) is 6.78. The Hall–Kier alpha value is -3.35. The number of methoxy groups -OCH3 is 1. The number of hydrogen-bond acceptors (Lipinski definition) is 5. The molecule has 0 saturated heterocycles. The minimum absolute atomic E-state index is 0.287. The molecule has 1 fully saturated rings. The molecule has 4 rings (SSSR count). The molecule has 0 bridgehead atoms. The third-order valence-corrected chi connectivity index (χ3v) is 4.93. The Kier molecular flexibility index (Phi) is 5.23. The molecule has 1 aliphatic carbocycles. The van der Waals surface area contributed by atoms with E-state index < -0.39 is 0 Å². The highest BCUT2D eigenvalue weighted by Crippen LogP contribution is 2.36. The average Bonchev–Trinajstić information content (AvgIpc) is 3.15. The molecule has 2 amide bonds. The standard InChI is InChI=1S/C21H22N4O3/c1-27-18-8-3-2-5-16(18)13-22-21(26)23-17-11-9-14(10-12-17)19-24-20(28-25-19)15-6-4-7-15/h2-3,5,8-12,15H,4,6-7,13H2,1H3,(H2,22,23,26). The van der Waals surface area contributed by atoms with Crippen LogP contribution in [0.4, 0.5) is 10.5 Å². The molecule has 7 nitrogen and oxygen atoms in total. The van der Waals surface area contributed by atoms with Gasteiger partial charge in [-0.3, -0.25) is 0 Å². The summed E-state index contributed by atoms with van der Waals surface area (Å²) in [6.07, 6.45) is 3.46. The number of nitrogens with one attached hydrogen (secondary N) is 2. The summed E-state index contributed by atoms with van der Waals surface area (Å²) in [6, 6.07) is 14.7. The van der Waals surface area contributed by atoms with Crippen molar-refractivity contribution >= 4 is 11.7 Å². The van der Waals surface area contributed by atoms with Gasteiger partial charge in [-0.15, -0.1) is 0 Å². The van der Waals surface area contributed by atoms with Crippen LogP contribution in [0.5, 0.6) is 5.75 Å². The fourth-order valence-corrected chi connectivity index (χ4v) is 3.08. The first kappa shape index (κ1) is 18.0. The minimum Gasteiger partial charge on any atom is -0.496 e. The van der Waals surface area contributed by atoms with Gasteiger partial charge in [-0.05, 0) is 43.2 Å². The Bertz CT molecular complexity index is 948. The third kappa shape index (κ3) is 3.98. The summed E-state index contributed by atoms with van der Waals surface area (Å²) in [5.74, 6) is 2.45. The zero-order valence-electron chi connectivity index (χ0n) is 15.6. The van der Waals surface area contributed by atoms with Crippen LogP contribution in [0.3, 0.4) is 0 Å². The summed E-state index contributed by atoms with van der Waals surface area (Å²) in [5.41, 5.74) is 2.45. The number of anilines is 1. The molecule has 0 radical (unpaired) electrons. The SMILES string of the molecule is COc1ccccc1CNC(=O)Nc1ccc(-c2noc(C3CCC3)n2)cc1. The number of carbonyl (C=O) groups excluding carboxylic acids is 1. The third-order valence-electron chi connectivity index (χ3n) is 4.93. The van der Waals surface area contributed by atoms with Gasteiger partial charge in [-0.25, -0.2) is 4.79 Å².